The predicted octanol–water partition coefficient (Wildman–Crippen LogP) is 0.567. The Morgan fingerprint density at radius 2 is 2.39 bits per heavy atom. The molecule has 1 aromatic rings. The molecule has 1 saturated heterocycles. The Balaban J connectivity index is 2.02. The molecule has 1 amide bonds. The third-order valence-electron chi connectivity index (χ3n) is 3.47. The van der Waals surface area contributed by atoms with Gasteiger partial charge in [-0.2, -0.15) is 0 Å². The van der Waals surface area contributed by atoms with Crippen LogP contribution in [0.2, 0.25) is 0 Å². The summed E-state index contributed by atoms with van der Waals surface area (Å²) in [6.45, 7) is 5.53. The standard InChI is InChI=1S/C12H21N5O/c1-3-4-10-14-11(16-15-10)12(18)17-6-5-9(13)8(2)7-17/h8-9H,3-7,13H2,1-2H3,(H,14,15,16). The van der Waals surface area contributed by atoms with Crippen LogP contribution in [0.25, 0.3) is 0 Å². The molecule has 0 spiro atoms. The lowest BCUT2D eigenvalue weighted by molar-refractivity contribution is 0.0652. The fourth-order valence-corrected chi connectivity index (χ4v) is 2.23. The first-order valence-corrected chi connectivity index (χ1v) is 6.58. The number of hydrogen-bond acceptors (Lipinski definition) is 4. The number of aromatic nitrogens is 3. The minimum absolute atomic E-state index is 0.0904. The number of aryl methyl sites for hydroxylation is 1. The van der Waals surface area contributed by atoms with Crippen LogP contribution in [0, 0.1) is 5.92 Å². The van der Waals surface area contributed by atoms with E-state index in [1.54, 1.807) is 4.90 Å². The second-order valence-electron chi connectivity index (χ2n) is 5.04. The first-order valence-electron chi connectivity index (χ1n) is 6.58. The Bertz CT molecular complexity index is 416. The van der Waals surface area contributed by atoms with E-state index in [1.165, 1.54) is 0 Å². The summed E-state index contributed by atoms with van der Waals surface area (Å²) in [5.74, 6) is 1.30. The summed E-state index contributed by atoms with van der Waals surface area (Å²) < 4.78 is 0. The molecule has 2 heterocycles. The molecule has 2 rings (SSSR count). The van der Waals surface area contributed by atoms with Gasteiger partial charge in [0.25, 0.3) is 5.91 Å². The van der Waals surface area contributed by atoms with Crippen molar-refractivity contribution in [3.63, 3.8) is 0 Å². The van der Waals surface area contributed by atoms with Crippen molar-refractivity contribution in [1.82, 2.24) is 20.1 Å². The van der Waals surface area contributed by atoms with Crippen LogP contribution in [0.3, 0.4) is 0 Å². The molecular formula is C12H21N5O. The maximum atomic E-state index is 12.2. The van der Waals surface area contributed by atoms with Crippen molar-refractivity contribution in [3.05, 3.63) is 11.6 Å². The van der Waals surface area contributed by atoms with Crippen LogP contribution in [0.5, 0.6) is 0 Å². The van der Waals surface area contributed by atoms with Crippen LogP contribution >= 0.6 is 0 Å². The number of carbonyl (C=O) groups is 1. The van der Waals surface area contributed by atoms with Crippen molar-refractivity contribution in [2.75, 3.05) is 13.1 Å². The van der Waals surface area contributed by atoms with Gasteiger partial charge in [-0.3, -0.25) is 9.89 Å². The number of carbonyl (C=O) groups excluding carboxylic acids is 1. The van der Waals surface area contributed by atoms with Gasteiger partial charge in [0.05, 0.1) is 0 Å². The highest BCUT2D eigenvalue weighted by molar-refractivity contribution is 5.90. The van der Waals surface area contributed by atoms with Crippen LogP contribution in [0.15, 0.2) is 0 Å². The zero-order valence-electron chi connectivity index (χ0n) is 11.0. The number of rotatable bonds is 3. The summed E-state index contributed by atoms with van der Waals surface area (Å²) in [5.41, 5.74) is 5.95. The topological polar surface area (TPSA) is 87.9 Å². The van der Waals surface area contributed by atoms with E-state index in [-0.39, 0.29) is 17.8 Å². The monoisotopic (exact) mass is 251 g/mol. The number of H-pyrrole nitrogens is 1. The Hall–Kier alpha value is -1.43. The van der Waals surface area contributed by atoms with Crippen LogP contribution < -0.4 is 5.73 Å². The van der Waals surface area contributed by atoms with Crippen molar-refractivity contribution < 1.29 is 4.79 Å². The molecule has 18 heavy (non-hydrogen) atoms. The quantitative estimate of drug-likeness (QED) is 0.822. The number of nitrogens with two attached hydrogens (primary N) is 1. The van der Waals surface area contributed by atoms with Gasteiger partial charge in [-0.05, 0) is 18.8 Å². The minimum Gasteiger partial charge on any atom is -0.335 e. The summed E-state index contributed by atoms with van der Waals surface area (Å²) >= 11 is 0. The second-order valence-corrected chi connectivity index (χ2v) is 5.04. The van der Waals surface area contributed by atoms with Gasteiger partial charge in [-0.15, -0.1) is 5.10 Å². The molecule has 6 nitrogen and oxygen atoms in total. The average Bonchev–Trinajstić information content (AvgIpc) is 2.81. The Morgan fingerprint density at radius 1 is 1.61 bits per heavy atom. The van der Waals surface area contributed by atoms with E-state index < -0.39 is 0 Å². The third kappa shape index (κ3) is 2.69. The highest BCUT2D eigenvalue weighted by Gasteiger charge is 2.28. The van der Waals surface area contributed by atoms with Gasteiger partial charge < -0.3 is 10.6 Å². The largest absolute Gasteiger partial charge is 0.335 e. The highest BCUT2D eigenvalue weighted by Crippen LogP contribution is 2.16. The summed E-state index contributed by atoms with van der Waals surface area (Å²) in [4.78, 5) is 18.2. The summed E-state index contributed by atoms with van der Waals surface area (Å²) in [7, 11) is 0. The van der Waals surface area contributed by atoms with E-state index in [4.69, 9.17) is 5.73 Å². The zero-order valence-corrected chi connectivity index (χ0v) is 11.0. The fraction of sp³-hybridized carbons (Fsp3) is 0.750. The average molecular weight is 251 g/mol. The smallest absolute Gasteiger partial charge is 0.293 e. The van der Waals surface area contributed by atoms with E-state index in [9.17, 15) is 4.79 Å². The number of amides is 1. The molecule has 1 fully saturated rings. The molecule has 0 aromatic carbocycles. The SMILES string of the molecule is CCCc1nc(C(=O)N2CCC(N)C(C)C2)n[nH]1. The van der Waals surface area contributed by atoms with E-state index in [0.717, 1.165) is 25.1 Å². The van der Waals surface area contributed by atoms with Crippen LogP contribution in [-0.2, 0) is 6.42 Å². The Morgan fingerprint density at radius 3 is 3.06 bits per heavy atom. The zero-order chi connectivity index (χ0) is 13.1. The minimum atomic E-state index is -0.0904. The molecule has 6 heteroatoms. The number of likely N-dealkylation sites (tertiary alicyclic amines) is 1. The second kappa shape index (κ2) is 5.48. The molecule has 0 aliphatic carbocycles. The van der Waals surface area contributed by atoms with Crippen LogP contribution in [-0.4, -0.2) is 45.1 Å². The normalized spacial score (nSPS) is 24.3. The lowest BCUT2D eigenvalue weighted by Crippen LogP contribution is -2.48. The Kier molecular flexibility index (Phi) is 3.96. The molecule has 1 aliphatic heterocycles. The molecule has 0 bridgehead atoms. The maximum Gasteiger partial charge on any atom is 0.293 e. The molecule has 2 atom stereocenters. The molecule has 3 N–H and O–H groups in total. The summed E-state index contributed by atoms with van der Waals surface area (Å²) in [5, 5.41) is 6.81. The van der Waals surface area contributed by atoms with E-state index in [2.05, 4.69) is 29.0 Å². The van der Waals surface area contributed by atoms with E-state index in [0.29, 0.717) is 19.0 Å². The molecular weight excluding hydrogens is 230 g/mol. The lowest BCUT2D eigenvalue weighted by atomic mass is 9.95. The van der Waals surface area contributed by atoms with Crippen LogP contribution in [0.1, 0.15) is 43.1 Å². The number of nitrogens with zero attached hydrogens (tertiary/aromatic N) is 3. The van der Waals surface area contributed by atoms with Crippen molar-refractivity contribution in [2.45, 2.75) is 39.2 Å². The Labute approximate surface area is 107 Å². The van der Waals surface area contributed by atoms with Gasteiger partial charge in [0.2, 0.25) is 5.82 Å². The number of piperidine rings is 1. The molecule has 1 aromatic heterocycles. The fourth-order valence-electron chi connectivity index (χ4n) is 2.23. The van der Waals surface area contributed by atoms with Crippen molar-refractivity contribution >= 4 is 5.91 Å². The lowest BCUT2D eigenvalue weighted by Gasteiger charge is -2.34. The maximum absolute atomic E-state index is 12.2. The summed E-state index contributed by atoms with van der Waals surface area (Å²) in [6.07, 6.45) is 2.65. The van der Waals surface area contributed by atoms with Gasteiger partial charge in [-0.25, -0.2) is 4.98 Å². The predicted molar refractivity (Wildman–Crippen MR) is 68.0 cm³/mol. The number of aromatic amines is 1. The molecule has 0 saturated carbocycles. The van der Waals surface area contributed by atoms with E-state index in [1.807, 2.05) is 0 Å². The highest BCUT2D eigenvalue weighted by atomic mass is 16.2. The van der Waals surface area contributed by atoms with Gasteiger partial charge in [-0.1, -0.05) is 13.8 Å². The third-order valence-corrected chi connectivity index (χ3v) is 3.47. The number of hydrogen-bond donors (Lipinski definition) is 2. The summed E-state index contributed by atoms with van der Waals surface area (Å²) in [6, 6.07) is 0.192. The number of nitrogens with one attached hydrogen (secondary N) is 1. The molecule has 100 valence electrons. The van der Waals surface area contributed by atoms with Crippen molar-refractivity contribution in [3.8, 4) is 0 Å². The van der Waals surface area contributed by atoms with Gasteiger partial charge >= 0.3 is 0 Å². The van der Waals surface area contributed by atoms with Crippen molar-refractivity contribution in [2.24, 2.45) is 11.7 Å². The van der Waals surface area contributed by atoms with Gasteiger partial charge in [0.1, 0.15) is 5.82 Å². The van der Waals surface area contributed by atoms with Crippen LogP contribution in [0.4, 0.5) is 0 Å². The molecule has 1 aliphatic rings. The van der Waals surface area contributed by atoms with Gasteiger partial charge in [0.15, 0.2) is 0 Å². The molecule has 0 radical (unpaired) electrons. The first-order chi connectivity index (χ1) is 8.61. The first kappa shape index (κ1) is 13.0. The van der Waals surface area contributed by atoms with Gasteiger partial charge in [0, 0.05) is 25.6 Å². The van der Waals surface area contributed by atoms with Crippen molar-refractivity contribution in [1.29, 1.82) is 0 Å². The van der Waals surface area contributed by atoms with E-state index >= 15 is 0 Å². The molecule has 2 unspecified atom stereocenters.